The molecule has 0 saturated carbocycles. The summed E-state index contributed by atoms with van der Waals surface area (Å²) in [5.74, 6) is -6.87. The molecule has 7 unspecified atom stereocenters. The molecule has 5 aliphatic rings. The average molecular weight is 1160 g/mol. The Bertz CT molecular complexity index is 1890. The fraction of sp³-hybridized carbons (Fsp3) is 0.927. The topological polar surface area (TPSA) is 361 Å². The molecular weight excluding hydrogens is 1060 g/mol. The average Bonchev–Trinajstić information content (AvgIpc) is 3.58. The molecule has 5 rings (SSSR count). The van der Waals surface area contributed by atoms with Gasteiger partial charge in [-0.1, -0.05) is 64.7 Å². The highest BCUT2D eigenvalue weighted by molar-refractivity contribution is 5.74. The molecule has 5 aliphatic heterocycles. The van der Waals surface area contributed by atoms with Crippen molar-refractivity contribution >= 4 is 23.9 Å². The van der Waals surface area contributed by atoms with Crippen LogP contribution in [0.3, 0.4) is 0 Å². The summed E-state index contributed by atoms with van der Waals surface area (Å²) in [5, 5.41) is 101. The number of ether oxygens (including phenoxy) is 12. The highest BCUT2D eigenvalue weighted by Gasteiger charge is 2.58. The van der Waals surface area contributed by atoms with E-state index in [1.807, 2.05) is 0 Å². The van der Waals surface area contributed by atoms with Crippen LogP contribution in [-0.4, -0.2) is 224 Å². The van der Waals surface area contributed by atoms with Gasteiger partial charge in [0, 0.05) is 6.42 Å². The van der Waals surface area contributed by atoms with Crippen molar-refractivity contribution in [2.24, 2.45) is 17.8 Å². The van der Waals surface area contributed by atoms with E-state index in [-0.39, 0.29) is 6.42 Å². The Morgan fingerprint density at radius 1 is 0.525 bits per heavy atom. The molecule has 27 atom stereocenters. The van der Waals surface area contributed by atoms with E-state index in [4.69, 9.17) is 56.8 Å². The van der Waals surface area contributed by atoms with Gasteiger partial charge < -0.3 is 103 Å². The summed E-state index contributed by atoms with van der Waals surface area (Å²) in [6, 6.07) is 0. The molecule has 0 aliphatic carbocycles. The predicted molar refractivity (Wildman–Crippen MR) is 276 cm³/mol. The minimum absolute atomic E-state index is 0.127. The first kappa shape index (κ1) is 68.0. The minimum Gasteiger partial charge on any atom is -0.463 e. The fourth-order valence-corrected chi connectivity index (χ4v) is 10.0. The molecule has 0 spiro atoms. The predicted octanol–water partition coefficient (Wildman–Crippen LogP) is 1.09. The van der Waals surface area contributed by atoms with Crippen LogP contribution in [0.2, 0.25) is 0 Å². The standard InChI is InChI=1S/C55H94O25/c1-11-12-18-21-34-22-19-16-14-13-15-17-20-23-36(59)75-47-44(78-52-42(65)41(64)43(32(9)71-52)76-50(67)26(3)29(6)57)33(10)72-55(48(47)77-51(68)27(4)30(7)58)80-46-40(63)38(61)35(24-69-49(66)25(2)28(5)56)74-54(46)79-45-39(62)37(60)31(8)70-53(45)73-34/h25-35,37-48,52-58,60-65H,11-24H2,1-10H3/t25?,26?,27?,28?,29?,30?,31-,32-,33+,34?,35-,37-,38-,39+,40+,41-,42-,43-,44+,45-,46-,47-,48-,52+,53+,54+,55+/m1/s1. The van der Waals surface area contributed by atoms with Gasteiger partial charge in [0.15, 0.2) is 43.5 Å². The number of aliphatic hydroxyl groups excluding tert-OH is 9. The molecule has 0 radical (unpaired) electrons. The minimum atomic E-state index is -2.08. The first-order valence-electron chi connectivity index (χ1n) is 28.9. The van der Waals surface area contributed by atoms with Gasteiger partial charge in [-0.25, -0.2) is 0 Å². The summed E-state index contributed by atoms with van der Waals surface area (Å²) in [6.07, 6.45) is -28.3. The van der Waals surface area contributed by atoms with E-state index < -0.39 is 195 Å². The van der Waals surface area contributed by atoms with Gasteiger partial charge in [-0.05, 0) is 81.6 Å². The van der Waals surface area contributed by atoms with Crippen LogP contribution in [0.1, 0.15) is 153 Å². The van der Waals surface area contributed by atoms with E-state index in [9.17, 15) is 65.1 Å². The Morgan fingerprint density at radius 3 is 1.64 bits per heavy atom. The zero-order valence-corrected chi connectivity index (χ0v) is 48.0. The van der Waals surface area contributed by atoms with Crippen molar-refractivity contribution in [1.82, 2.24) is 0 Å². The first-order chi connectivity index (χ1) is 37.8. The molecule has 0 aromatic heterocycles. The van der Waals surface area contributed by atoms with E-state index in [1.54, 1.807) is 6.92 Å². The molecule has 2 bridgehead atoms. The number of hydrogen-bond acceptors (Lipinski definition) is 25. The van der Waals surface area contributed by atoms with Gasteiger partial charge in [-0.2, -0.15) is 0 Å². The lowest BCUT2D eigenvalue weighted by molar-refractivity contribution is -0.399. The Morgan fingerprint density at radius 2 is 1.04 bits per heavy atom. The molecule has 80 heavy (non-hydrogen) atoms. The van der Waals surface area contributed by atoms with Crippen molar-refractivity contribution in [2.45, 2.75) is 300 Å². The number of unbranched alkanes of at least 4 members (excludes halogenated alkanes) is 2. The Balaban J connectivity index is 1.60. The van der Waals surface area contributed by atoms with Crippen molar-refractivity contribution in [3.63, 3.8) is 0 Å². The lowest BCUT2D eigenvalue weighted by Crippen LogP contribution is -2.68. The van der Waals surface area contributed by atoms with E-state index in [1.165, 1.54) is 55.4 Å². The van der Waals surface area contributed by atoms with Crippen molar-refractivity contribution < 1.29 is 122 Å². The third-order valence-electron chi connectivity index (χ3n) is 16.1. The molecule has 5 heterocycles. The van der Waals surface area contributed by atoms with Crippen LogP contribution in [-0.2, 0) is 76.0 Å². The summed E-state index contributed by atoms with van der Waals surface area (Å²) in [7, 11) is 0. The number of carbonyl (C=O) groups excluding carboxylic acids is 4. The van der Waals surface area contributed by atoms with E-state index in [0.29, 0.717) is 25.7 Å². The quantitative estimate of drug-likeness (QED) is 0.0593. The summed E-state index contributed by atoms with van der Waals surface area (Å²) in [6.45, 7) is 14.1. The molecule has 0 aromatic rings. The highest BCUT2D eigenvalue weighted by Crippen LogP contribution is 2.38. The summed E-state index contributed by atoms with van der Waals surface area (Å²) in [5.41, 5.74) is 0. The molecule has 464 valence electrons. The smallest absolute Gasteiger partial charge is 0.311 e. The van der Waals surface area contributed by atoms with Crippen LogP contribution in [0.15, 0.2) is 0 Å². The number of esters is 4. The van der Waals surface area contributed by atoms with Crippen LogP contribution >= 0.6 is 0 Å². The molecule has 5 saturated heterocycles. The molecule has 25 heteroatoms. The maximum Gasteiger partial charge on any atom is 0.311 e. The van der Waals surface area contributed by atoms with Crippen LogP contribution in [0.4, 0.5) is 0 Å². The zero-order chi connectivity index (χ0) is 59.3. The Labute approximate surface area is 469 Å². The van der Waals surface area contributed by atoms with Crippen molar-refractivity contribution in [3.8, 4) is 0 Å². The monoisotopic (exact) mass is 1150 g/mol. The highest BCUT2D eigenvalue weighted by atomic mass is 16.8. The Hall–Kier alpha value is -2.80. The van der Waals surface area contributed by atoms with E-state index >= 15 is 0 Å². The van der Waals surface area contributed by atoms with Crippen molar-refractivity contribution in [1.29, 1.82) is 0 Å². The SMILES string of the molecule is CCCCCC1CCCCCCCCCC(=O)O[C@@H]2[C@@H](O[C@@H]3O[C@H](C)[C@@H](OC(=O)C(C)C(C)O)[C@H](O)[C@H]3O)[C@H](C)O[C@@H](O[C@H]3[C@H](O[C@H]4[C@H](O1)O[C@H](C)[C@@H](O)[C@@H]4O)O[C@H](COC(=O)C(C)C(C)O)[C@@H](O)[C@@H]3O)[C@@H]2OC(=O)C(C)C(C)O. The zero-order valence-electron chi connectivity index (χ0n) is 48.0. The van der Waals surface area contributed by atoms with E-state index in [0.717, 1.165) is 51.4 Å². The number of fused-ring (bicyclic) bond motifs is 4. The van der Waals surface area contributed by atoms with Crippen molar-refractivity contribution in [3.05, 3.63) is 0 Å². The normalized spacial score (nSPS) is 40.5. The second kappa shape index (κ2) is 31.9. The van der Waals surface area contributed by atoms with Crippen LogP contribution in [0, 0.1) is 17.8 Å². The molecule has 9 N–H and O–H groups in total. The molecular formula is C55H94O25. The third-order valence-corrected chi connectivity index (χ3v) is 16.1. The summed E-state index contributed by atoms with van der Waals surface area (Å²) < 4.78 is 74.1. The number of carbonyl (C=O) groups is 4. The maximum atomic E-state index is 14.1. The maximum absolute atomic E-state index is 14.1. The first-order valence-corrected chi connectivity index (χ1v) is 28.9. The lowest BCUT2D eigenvalue weighted by atomic mass is 9.95. The number of rotatable bonds is 16. The van der Waals surface area contributed by atoms with Gasteiger partial charge in [0.1, 0.15) is 67.6 Å². The summed E-state index contributed by atoms with van der Waals surface area (Å²) >= 11 is 0. The van der Waals surface area contributed by atoms with Gasteiger partial charge in [0.05, 0.1) is 60.5 Å². The van der Waals surface area contributed by atoms with Crippen LogP contribution < -0.4 is 0 Å². The third kappa shape index (κ3) is 18.1. The van der Waals surface area contributed by atoms with Gasteiger partial charge in [0.2, 0.25) is 0 Å². The van der Waals surface area contributed by atoms with E-state index in [2.05, 4.69) is 6.92 Å². The lowest BCUT2D eigenvalue weighted by Gasteiger charge is -2.50. The van der Waals surface area contributed by atoms with Gasteiger partial charge >= 0.3 is 23.9 Å². The molecule has 0 aromatic carbocycles. The van der Waals surface area contributed by atoms with Crippen LogP contribution in [0.25, 0.3) is 0 Å². The van der Waals surface area contributed by atoms with Gasteiger partial charge in [-0.3, -0.25) is 19.2 Å². The molecule has 0 amide bonds. The molecule has 5 fully saturated rings. The second-order valence-corrected chi connectivity index (χ2v) is 22.7. The largest absolute Gasteiger partial charge is 0.463 e. The number of aliphatic hydroxyl groups is 9. The fourth-order valence-electron chi connectivity index (χ4n) is 10.0. The summed E-state index contributed by atoms with van der Waals surface area (Å²) in [4.78, 5) is 54.0. The second-order valence-electron chi connectivity index (χ2n) is 22.7. The molecule has 25 nitrogen and oxygen atoms in total. The number of hydrogen-bond donors (Lipinski definition) is 9. The van der Waals surface area contributed by atoms with Gasteiger partial charge in [0.25, 0.3) is 0 Å². The van der Waals surface area contributed by atoms with Crippen molar-refractivity contribution in [2.75, 3.05) is 6.61 Å². The van der Waals surface area contributed by atoms with Crippen LogP contribution in [0.5, 0.6) is 0 Å². The Kier molecular flexibility index (Phi) is 27.1. The van der Waals surface area contributed by atoms with Gasteiger partial charge in [-0.15, -0.1) is 0 Å².